The summed E-state index contributed by atoms with van der Waals surface area (Å²) in [5.74, 6) is 0.0731. The van der Waals surface area contributed by atoms with E-state index >= 15 is 0 Å². The maximum atomic E-state index is 12.2. The van der Waals surface area contributed by atoms with Crippen molar-refractivity contribution < 1.29 is 19.1 Å². The van der Waals surface area contributed by atoms with Gasteiger partial charge in [-0.15, -0.1) is 0 Å². The highest BCUT2D eigenvalue weighted by molar-refractivity contribution is 6.44. The summed E-state index contributed by atoms with van der Waals surface area (Å²) in [5, 5.41) is 5.67. The lowest BCUT2D eigenvalue weighted by Gasteiger charge is -2.11. The van der Waals surface area contributed by atoms with Crippen LogP contribution in [0.4, 0.5) is 5.69 Å². The highest BCUT2D eigenvalue weighted by Crippen LogP contribution is 2.29. The van der Waals surface area contributed by atoms with Crippen molar-refractivity contribution >= 4 is 40.7 Å². The molecule has 0 aliphatic heterocycles. The Morgan fingerprint density at radius 1 is 1.04 bits per heavy atom. The van der Waals surface area contributed by atoms with Crippen molar-refractivity contribution in [1.82, 2.24) is 5.32 Å². The predicted octanol–water partition coefficient (Wildman–Crippen LogP) is 3.38. The molecular weight excluding hydrogens is 367 g/mol. The van der Waals surface area contributed by atoms with Crippen molar-refractivity contribution in [2.45, 2.75) is 0 Å². The lowest BCUT2D eigenvalue weighted by Crippen LogP contribution is -2.32. The molecule has 2 aromatic rings. The van der Waals surface area contributed by atoms with Gasteiger partial charge in [0.15, 0.2) is 11.5 Å². The Morgan fingerprint density at radius 2 is 1.76 bits per heavy atom. The first-order chi connectivity index (χ1) is 12.0. The molecule has 0 aromatic heterocycles. The van der Waals surface area contributed by atoms with Gasteiger partial charge in [0.05, 0.1) is 36.5 Å². The summed E-state index contributed by atoms with van der Waals surface area (Å²) in [7, 11) is 2.98. The van der Waals surface area contributed by atoms with Crippen molar-refractivity contribution in [2.24, 2.45) is 0 Å². The van der Waals surface area contributed by atoms with Gasteiger partial charge in [-0.25, -0.2) is 0 Å². The van der Waals surface area contributed by atoms with Crippen LogP contribution in [0.1, 0.15) is 10.4 Å². The summed E-state index contributed by atoms with van der Waals surface area (Å²) in [6.07, 6.45) is 0. The maximum absolute atomic E-state index is 12.2. The Balaban J connectivity index is 1.97. The van der Waals surface area contributed by atoms with Crippen LogP contribution < -0.4 is 20.1 Å². The second-order valence-corrected chi connectivity index (χ2v) is 5.69. The molecule has 132 valence electrons. The van der Waals surface area contributed by atoms with E-state index in [9.17, 15) is 9.59 Å². The summed E-state index contributed by atoms with van der Waals surface area (Å²) < 4.78 is 10.3. The third-order valence-electron chi connectivity index (χ3n) is 3.28. The minimum absolute atomic E-state index is 0.226. The van der Waals surface area contributed by atoms with Crippen molar-refractivity contribution in [2.75, 3.05) is 26.1 Å². The predicted molar refractivity (Wildman–Crippen MR) is 97.0 cm³/mol. The number of hydrogen-bond acceptors (Lipinski definition) is 4. The van der Waals surface area contributed by atoms with Crippen LogP contribution in [0.5, 0.6) is 11.5 Å². The average Bonchev–Trinajstić information content (AvgIpc) is 2.62. The summed E-state index contributed by atoms with van der Waals surface area (Å²) in [5.41, 5.74) is 0.714. The molecule has 0 unspecified atom stereocenters. The molecule has 0 radical (unpaired) electrons. The normalized spacial score (nSPS) is 10.1. The van der Waals surface area contributed by atoms with E-state index < -0.39 is 11.8 Å². The van der Waals surface area contributed by atoms with E-state index in [-0.39, 0.29) is 11.6 Å². The Kier molecular flexibility index (Phi) is 6.50. The monoisotopic (exact) mass is 382 g/mol. The molecule has 25 heavy (non-hydrogen) atoms. The van der Waals surface area contributed by atoms with Gasteiger partial charge in [0.1, 0.15) is 0 Å². The molecule has 0 bridgehead atoms. The summed E-state index contributed by atoms with van der Waals surface area (Å²) in [6.45, 7) is -0.226. The van der Waals surface area contributed by atoms with Gasteiger partial charge in [-0.3, -0.25) is 9.59 Å². The first-order valence-corrected chi connectivity index (χ1v) is 7.96. The standard InChI is InChI=1S/C17H16Cl2N2O4/c1-24-13-7-6-10(8-14(13)25-2)17(23)20-9-15(22)21-12-5-3-4-11(18)16(12)19/h3-8H,9H2,1-2H3,(H,20,23)(H,21,22). The zero-order valence-electron chi connectivity index (χ0n) is 13.6. The SMILES string of the molecule is COc1ccc(C(=O)NCC(=O)Nc2cccc(Cl)c2Cl)cc1OC. The van der Waals surface area contributed by atoms with Gasteiger partial charge < -0.3 is 20.1 Å². The topological polar surface area (TPSA) is 76.7 Å². The quantitative estimate of drug-likeness (QED) is 0.802. The molecule has 0 aliphatic carbocycles. The highest BCUT2D eigenvalue weighted by Gasteiger charge is 2.13. The van der Waals surface area contributed by atoms with Crippen molar-refractivity contribution in [1.29, 1.82) is 0 Å². The average molecular weight is 383 g/mol. The van der Waals surface area contributed by atoms with E-state index in [0.29, 0.717) is 27.8 Å². The molecule has 6 nitrogen and oxygen atoms in total. The van der Waals surface area contributed by atoms with E-state index in [2.05, 4.69) is 10.6 Å². The number of amides is 2. The zero-order valence-corrected chi connectivity index (χ0v) is 15.1. The minimum Gasteiger partial charge on any atom is -0.493 e. The second-order valence-electron chi connectivity index (χ2n) is 4.90. The molecule has 2 rings (SSSR count). The third-order valence-corrected chi connectivity index (χ3v) is 4.10. The molecule has 2 N–H and O–H groups in total. The Morgan fingerprint density at radius 3 is 2.44 bits per heavy atom. The van der Waals surface area contributed by atoms with Crippen LogP contribution in [0.2, 0.25) is 10.0 Å². The molecule has 0 aliphatic rings. The van der Waals surface area contributed by atoms with Crippen LogP contribution in [0.3, 0.4) is 0 Å². The van der Waals surface area contributed by atoms with Crippen LogP contribution in [-0.4, -0.2) is 32.6 Å². The van der Waals surface area contributed by atoms with E-state index in [0.717, 1.165) is 0 Å². The van der Waals surface area contributed by atoms with Gasteiger partial charge in [0, 0.05) is 5.56 Å². The minimum atomic E-state index is -0.432. The van der Waals surface area contributed by atoms with Gasteiger partial charge in [0.2, 0.25) is 5.91 Å². The number of anilines is 1. The van der Waals surface area contributed by atoms with E-state index in [4.69, 9.17) is 32.7 Å². The first kappa shape index (κ1) is 18.9. The molecule has 0 saturated carbocycles. The molecule has 0 atom stereocenters. The molecule has 0 spiro atoms. The molecule has 2 aromatic carbocycles. The molecular formula is C17H16Cl2N2O4. The van der Waals surface area contributed by atoms with E-state index in [1.807, 2.05) is 0 Å². The van der Waals surface area contributed by atoms with Crippen molar-refractivity contribution in [3.63, 3.8) is 0 Å². The largest absolute Gasteiger partial charge is 0.493 e. The molecule has 0 heterocycles. The zero-order chi connectivity index (χ0) is 18.4. The fourth-order valence-corrected chi connectivity index (χ4v) is 2.38. The van der Waals surface area contributed by atoms with Gasteiger partial charge in [0.25, 0.3) is 5.91 Å². The van der Waals surface area contributed by atoms with Crippen molar-refractivity contribution in [3.05, 3.63) is 52.0 Å². The fraction of sp³-hybridized carbons (Fsp3) is 0.176. The first-order valence-electron chi connectivity index (χ1n) is 7.20. The Hall–Kier alpha value is -2.44. The van der Waals surface area contributed by atoms with Crippen LogP contribution in [0.15, 0.2) is 36.4 Å². The van der Waals surface area contributed by atoms with E-state index in [1.54, 1.807) is 30.3 Å². The van der Waals surface area contributed by atoms with Crippen molar-refractivity contribution in [3.8, 4) is 11.5 Å². The second kappa shape index (κ2) is 8.60. The number of benzene rings is 2. The Bertz CT molecular complexity index is 796. The van der Waals surface area contributed by atoms with Gasteiger partial charge in [-0.2, -0.15) is 0 Å². The lowest BCUT2D eigenvalue weighted by atomic mass is 10.2. The van der Waals surface area contributed by atoms with Crippen LogP contribution >= 0.6 is 23.2 Å². The lowest BCUT2D eigenvalue weighted by molar-refractivity contribution is -0.115. The van der Waals surface area contributed by atoms with Gasteiger partial charge >= 0.3 is 0 Å². The number of nitrogens with one attached hydrogen (secondary N) is 2. The van der Waals surface area contributed by atoms with Crippen LogP contribution in [-0.2, 0) is 4.79 Å². The number of carbonyl (C=O) groups excluding carboxylic acids is 2. The summed E-state index contributed by atoms with van der Waals surface area (Å²) >= 11 is 11.9. The number of carbonyl (C=O) groups is 2. The molecule has 2 amide bonds. The number of halogens is 2. The number of ether oxygens (including phenoxy) is 2. The number of rotatable bonds is 6. The maximum Gasteiger partial charge on any atom is 0.251 e. The summed E-state index contributed by atoms with van der Waals surface area (Å²) in [6, 6.07) is 9.59. The third kappa shape index (κ3) is 4.78. The fourth-order valence-electron chi connectivity index (χ4n) is 2.03. The van der Waals surface area contributed by atoms with Gasteiger partial charge in [-0.1, -0.05) is 29.3 Å². The highest BCUT2D eigenvalue weighted by atomic mass is 35.5. The molecule has 0 fully saturated rings. The van der Waals surface area contributed by atoms with Crippen LogP contribution in [0, 0.1) is 0 Å². The van der Waals surface area contributed by atoms with Crippen LogP contribution in [0.25, 0.3) is 0 Å². The number of hydrogen-bond donors (Lipinski definition) is 2. The number of methoxy groups -OCH3 is 2. The van der Waals surface area contributed by atoms with Gasteiger partial charge in [-0.05, 0) is 30.3 Å². The molecule has 0 saturated heterocycles. The summed E-state index contributed by atoms with van der Waals surface area (Å²) in [4.78, 5) is 24.1. The Labute approximate surface area is 155 Å². The van der Waals surface area contributed by atoms with E-state index in [1.165, 1.54) is 20.3 Å². The molecule has 8 heteroatoms. The smallest absolute Gasteiger partial charge is 0.251 e.